The van der Waals surface area contributed by atoms with Crippen molar-refractivity contribution in [3.05, 3.63) is 30.1 Å². The highest BCUT2D eigenvalue weighted by Crippen LogP contribution is 2.32. The third kappa shape index (κ3) is 5.83. The molecule has 7 nitrogen and oxygen atoms in total. The first-order valence-electron chi connectivity index (χ1n) is 6.48. The molecule has 0 aliphatic heterocycles. The van der Waals surface area contributed by atoms with Gasteiger partial charge in [-0.1, -0.05) is 0 Å². The normalized spacial score (nSPS) is 14.8. The minimum atomic E-state index is -3.20. The van der Waals surface area contributed by atoms with Gasteiger partial charge in [-0.15, -0.1) is 0 Å². The zero-order valence-corrected chi connectivity index (χ0v) is 12.5. The number of nitrogens with one attached hydrogen (secondary N) is 1. The van der Waals surface area contributed by atoms with Crippen LogP contribution in [0.2, 0.25) is 0 Å². The van der Waals surface area contributed by atoms with Gasteiger partial charge in [-0.3, -0.25) is 14.2 Å². The number of hydrogen-bond acceptors (Lipinski definition) is 4. The Bertz CT molecular complexity index is 550. The zero-order chi connectivity index (χ0) is 16.7. The van der Waals surface area contributed by atoms with Gasteiger partial charge >= 0.3 is 11.9 Å². The number of carboxylic acids is 2. The van der Waals surface area contributed by atoms with Crippen LogP contribution in [0.5, 0.6) is 0 Å². The molecule has 0 fully saturated rings. The summed E-state index contributed by atoms with van der Waals surface area (Å²) in [6.07, 6.45) is -0.642. The lowest BCUT2D eigenvalue weighted by Gasteiger charge is -2.22. The van der Waals surface area contributed by atoms with Gasteiger partial charge in [-0.05, 0) is 30.7 Å². The molecule has 0 saturated carbocycles. The molecule has 0 aliphatic carbocycles. The zero-order valence-electron chi connectivity index (χ0n) is 11.5. The van der Waals surface area contributed by atoms with Crippen LogP contribution in [0.3, 0.4) is 0 Å². The smallest absolute Gasteiger partial charge is 0.307 e. The summed E-state index contributed by atoms with van der Waals surface area (Å²) in [4.78, 5) is 31.1. The fourth-order valence-corrected chi connectivity index (χ4v) is 2.90. The van der Waals surface area contributed by atoms with Crippen molar-refractivity contribution in [2.45, 2.75) is 18.5 Å². The van der Waals surface area contributed by atoms with Crippen LogP contribution in [0.1, 0.15) is 12.8 Å². The number of benzene rings is 1. The Morgan fingerprint density at radius 2 is 1.82 bits per heavy atom. The largest absolute Gasteiger partial charge is 0.481 e. The average molecular weight is 333 g/mol. The molecule has 0 spiro atoms. The molecule has 1 aromatic carbocycles. The molecule has 3 atom stereocenters. The van der Waals surface area contributed by atoms with E-state index in [0.29, 0.717) is 5.69 Å². The lowest BCUT2D eigenvalue weighted by atomic mass is 9.99. The summed E-state index contributed by atoms with van der Waals surface area (Å²) in [5, 5.41) is 20.5. The van der Waals surface area contributed by atoms with Crippen LogP contribution >= 0.6 is 8.03 Å². The molecule has 1 aromatic rings. The van der Waals surface area contributed by atoms with Crippen LogP contribution in [0, 0.1) is 11.7 Å². The molecule has 0 amide bonds. The van der Waals surface area contributed by atoms with Crippen molar-refractivity contribution < 1.29 is 33.7 Å². The summed E-state index contributed by atoms with van der Waals surface area (Å²) >= 11 is 0. The van der Waals surface area contributed by atoms with Gasteiger partial charge in [0, 0.05) is 18.7 Å². The second-order valence-corrected chi connectivity index (χ2v) is 6.13. The molecule has 0 bridgehead atoms. The first-order chi connectivity index (χ1) is 10.3. The number of rotatable bonds is 9. The van der Waals surface area contributed by atoms with Crippen molar-refractivity contribution in [2.75, 3.05) is 11.9 Å². The van der Waals surface area contributed by atoms with E-state index in [1.165, 1.54) is 24.3 Å². The molecule has 122 valence electrons. The topological polar surface area (TPSA) is 124 Å². The summed E-state index contributed by atoms with van der Waals surface area (Å²) < 4.78 is 24.2. The third-order valence-electron chi connectivity index (χ3n) is 3.16. The Hall–Kier alpha value is -1.92. The monoisotopic (exact) mass is 333 g/mol. The Labute approximate surface area is 126 Å². The summed E-state index contributed by atoms with van der Waals surface area (Å²) in [6.45, 7) is -0.128. The van der Waals surface area contributed by atoms with E-state index in [0.717, 1.165) is 0 Å². The maximum Gasteiger partial charge on any atom is 0.307 e. The molecule has 0 aliphatic rings. The van der Waals surface area contributed by atoms with Gasteiger partial charge in [0.2, 0.25) is 0 Å². The molecular weight excluding hydrogens is 316 g/mol. The van der Waals surface area contributed by atoms with Crippen molar-refractivity contribution in [1.29, 1.82) is 0 Å². The van der Waals surface area contributed by atoms with Crippen LogP contribution in [-0.2, 0) is 14.2 Å². The van der Waals surface area contributed by atoms with Gasteiger partial charge in [-0.2, -0.15) is 0 Å². The third-order valence-corrected chi connectivity index (χ3v) is 4.40. The van der Waals surface area contributed by atoms with E-state index in [2.05, 4.69) is 5.32 Å². The SMILES string of the molecule is O=C(O)CCC(C(=O)O)C(CNc1ccc(F)cc1)[PH](=O)O. The minimum Gasteiger partial charge on any atom is -0.481 e. The maximum atomic E-state index is 12.8. The van der Waals surface area contributed by atoms with Crippen LogP contribution in [-0.4, -0.2) is 39.2 Å². The predicted molar refractivity (Wildman–Crippen MR) is 77.9 cm³/mol. The van der Waals surface area contributed by atoms with Crippen LogP contribution in [0.15, 0.2) is 24.3 Å². The van der Waals surface area contributed by atoms with Crippen molar-refractivity contribution in [3.63, 3.8) is 0 Å². The molecule has 0 saturated heterocycles. The summed E-state index contributed by atoms with van der Waals surface area (Å²) in [7, 11) is -3.20. The van der Waals surface area contributed by atoms with Crippen LogP contribution in [0.25, 0.3) is 0 Å². The highest BCUT2D eigenvalue weighted by Gasteiger charge is 2.32. The van der Waals surface area contributed by atoms with Gasteiger partial charge in [0.15, 0.2) is 8.03 Å². The second-order valence-electron chi connectivity index (χ2n) is 4.71. The Morgan fingerprint density at radius 3 is 2.27 bits per heavy atom. The minimum absolute atomic E-state index is 0.128. The Morgan fingerprint density at radius 1 is 1.23 bits per heavy atom. The predicted octanol–water partition coefficient (Wildman–Crippen LogP) is 1.64. The summed E-state index contributed by atoms with van der Waals surface area (Å²) in [6, 6.07) is 5.21. The standard InChI is InChI=1S/C13H17FNO6P/c14-8-1-3-9(4-2-8)15-7-11(22(20)21)10(13(18)19)5-6-12(16)17/h1-4,10-11,15,22H,5-7H2,(H,16,17)(H,18,19)(H,20,21). The molecule has 3 unspecified atom stereocenters. The number of aliphatic carboxylic acids is 2. The lowest BCUT2D eigenvalue weighted by molar-refractivity contribution is -0.142. The van der Waals surface area contributed by atoms with E-state index in [4.69, 9.17) is 10.2 Å². The van der Waals surface area contributed by atoms with E-state index in [9.17, 15) is 23.4 Å². The molecule has 22 heavy (non-hydrogen) atoms. The summed E-state index contributed by atoms with van der Waals surface area (Å²) in [5.74, 6) is -4.18. The van der Waals surface area contributed by atoms with E-state index >= 15 is 0 Å². The Balaban J connectivity index is 2.76. The molecule has 4 N–H and O–H groups in total. The maximum absolute atomic E-state index is 12.8. The average Bonchev–Trinajstić information content (AvgIpc) is 2.43. The van der Waals surface area contributed by atoms with Crippen molar-refractivity contribution in [1.82, 2.24) is 0 Å². The number of hydrogen-bond donors (Lipinski definition) is 4. The number of carboxylic acid groups (broad SMARTS) is 2. The van der Waals surface area contributed by atoms with Crippen molar-refractivity contribution >= 4 is 25.7 Å². The molecule has 1 rings (SSSR count). The van der Waals surface area contributed by atoms with E-state index in [1.807, 2.05) is 0 Å². The quantitative estimate of drug-likeness (QED) is 0.506. The first-order valence-corrected chi connectivity index (χ1v) is 7.91. The molecule has 9 heteroatoms. The van der Waals surface area contributed by atoms with Gasteiger partial charge < -0.3 is 20.4 Å². The number of anilines is 1. The van der Waals surface area contributed by atoms with Crippen LogP contribution in [0.4, 0.5) is 10.1 Å². The molecule has 0 heterocycles. The Kier molecular flexibility index (Phi) is 7.01. The highest BCUT2D eigenvalue weighted by molar-refractivity contribution is 7.39. The van der Waals surface area contributed by atoms with Gasteiger partial charge in [0.25, 0.3) is 0 Å². The number of carbonyl (C=O) groups is 2. The first kappa shape index (κ1) is 18.1. The lowest BCUT2D eigenvalue weighted by Crippen LogP contribution is -2.32. The van der Waals surface area contributed by atoms with Crippen molar-refractivity contribution in [3.8, 4) is 0 Å². The molecule has 0 aromatic heterocycles. The highest BCUT2D eigenvalue weighted by atomic mass is 31.1. The van der Waals surface area contributed by atoms with Crippen LogP contribution < -0.4 is 5.32 Å². The van der Waals surface area contributed by atoms with E-state index in [1.54, 1.807) is 0 Å². The second kappa shape index (κ2) is 8.51. The van der Waals surface area contributed by atoms with E-state index < -0.39 is 43.8 Å². The fraction of sp³-hybridized carbons (Fsp3) is 0.385. The molecule has 0 radical (unpaired) electrons. The molecular formula is C13H17FNO6P. The van der Waals surface area contributed by atoms with Gasteiger partial charge in [-0.25, -0.2) is 4.39 Å². The van der Waals surface area contributed by atoms with Crippen molar-refractivity contribution in [2.24, 2.45) is 5.92 Å². The summed E-state index contributed by atoms with van der Waals surface area (Å²) in [5.41, 5.74) is -0.649. The van der Waals surface area contributed by atoms with E-state index in [-0.39, 0.29) is 13.0 Å². The fourth-order valence-electron chi connectivity index (χ4n) is 1.97. The van der Waals surface area contributed by atoms with Gasteiger partial charge in [0.05, 0.1) is 11.6 Å². The van der Waals surface area contributed by atoms with Gasteiger partial charge in [0.1, 0.15) is 5.82 Å². The number of halogens is 1.